The molecule has 0 unspecified atom stereocenters. The van der Waals surface area contributed by atoms with Gasteiger partial charge in [0.1, 0.15) is 0 Å². The molecule has 0 bridgehead atoms. The van der Waals surface area contributed by atoms with Gasteiger partial charge in [-0.2, -0.15) is 0 Å². The Morgan fingerprint density at radius 1 is 1.27 bits per heavy atom. The number of piperidine rings is 1. The fraction of sp³-hybridized carbons (Fsp3) is 0.929. The van der Waals surface area contributed by atoms with E-state index in [1.165, 1.54) is 12.8 Å². The van der Waals surface area contributed by atoms with Crippen LogP contribution in [0.5, 0.6) is 0 Å². The van der Waals surface area contributed by atoms with Crippen LogP contribution in [0.1, 0.15) is 33.1 Å². The Bertz CT molecular complexity index is 461. The van der Waals surface area contributed by atoms with Gasteiger partial charge in [-0.3, -0.25) is 4.99 Å². The molecule has 0 aromatic heterocycles. The van der Waals surface area contributed by atoms with Gasteiger partial charge < -0.3 is 10.2 Å². The molecule has 0 aromatic carbocycles. The third kappa shape index (κ3) is 5.52. The normalized spacial score (nSPS) is 23.4. The molecule has 22 heavy (non-hydrogen) atoms. The zero-order chi connectivity index (χ0) is 15.3. The summed E-state index contributed by atoms with van der Waals surface area (Å²) in [5.74, 6) is 2.01. The number of sulfonamides is 1. The molecule has 0 saturated carbocycles. The summed E-state index contributed by atoms with van der Waals surface area (Å²) in [5, 5.41) is 3.32. The minimum Gasteiger partial charge on any atom is -0.357 e. The van der Waals surface area contributed by atoms with Crippen LogP contribution in [-0.2, 0) is 10.0 Å². The van der Waals surface area contributed by atoms with Crippen LogP contribution in [0.15, 0.2) is 4.99 Å². The second kappa shape index (κ2) is 9.27. The number of likely N-dealkylation sites (tertiary alicyclic amines) is 1. The zero-order valence-corrected chi connectivity index (χ0v) is 16.8. The summed E-state index contributed by atoms with van der Waals surface area (Å²) in [7, 11) is -3.00. The SMILES string of the molecule is CCNC(=NCCN1CCCS1(=O)=O)N1CCC(C)CC1.I. The second-order valence-electron chi connectivity index (χ2n) is 5.97. The first-order valence-corrected chi connectivity index (χ1v) is 9.65. The van der Waals surface area contributed by atoms with E-state index in [4.69, 9.17) is 0 Å². The fourth-order valence-electron chi connectivity index (χ4n) is 2.86. The highest BCUT2D eigenvalue weighted by Gasteiger charge is 2.27. The van der Waals surface area contributed by atoms with E-state index >= 15 is 0 Å². The van der Waals surface area contributed by atoms with Gasteiger partial charge in [0.2, 0.25) is 10.0 Å². The van der Waals surface area contributed by atoms with Crippen molar-refractivity contribution in [2.75, 3.05) is 45.0 Å². The second-order valence-corrected chi connectivity index (χ2v) is 8.06. The van der Waals surface area contributed by atoms with Crippen molar-refractivity contribution in [1.82, 2.24) is 14.5 Å². The molecule has 2 fully saturated rings. The van der Waals surface area contributed by atoms with Crippen molar-refractivity contribution in [2.45, 2.75) is 33.1 Å². The van der Waals surface area contributed by atoms with Crippen LogP contribution in [0.25, 0.3) is 0 Å². The van der Waals surface area contributed by atoms with Crippen LogP contribution >= 0.6 is 24.0 Å². The van der Waals surface area contributed by atoms with E-state index in [0.29, 0.717) is 25.4 Å². The van der Waals surface area contributed by atoms with Gasteiger partial charge in [-0.1, -0.05) is 6.92 Å². The summed E-state index contributed by atoms with van der Waals surface area (Å²) in [6.07, 6.45) is 3.14. The highest BCUT2D eigenvalue weighted by Crippen LogP contribution is 2.16. The van der Waals surface area contributed by atoms with E-state index in [9.17, 15) is 8.42 Å². The number of aliphatic imine (C=N–C) groups is 1. The summed E-state index contributed by atoms with van der Waals surface area (Å²) >= 11 is 0. The zero-order valence-electron chi connectivity index (χ0n) is 13.6. The lowest BCUT2D eigenvalue weighted by molar-refractivity contribution is 0.273. The number of nitrogens with one attached hydrogen (secondary N) is 1. The summed E-state index contributed by atoms with van der Waals surface area (Å²) < 4.78 is 25.1. The molecule has 0 aliphatic carbocycles. The number of guanidine groups is 1. The fourth-order valence-corrected chi connectivity index (χ4v) is 4.38. The van der Waals surface area contributed by atoms with E-state index in [1.807, 2.05) is 0 Å². The largest absolute Gasteiger partial charge is 0.357 e. The molecule has 8 heteroatoms. The van der Waals surface area contributed by atoms with Crippen molar-refractivity contribution in [3.63, 3.8) is 0 Å². The molecule has 0 spiro atoms. The quantitative estimate of drug-likeness (QED) is 0.404. The average Bonchev–Trinajstić information content (AvgIpc) is 2.78. The molecular formula is C14H29IN4O2S. The summed E-state index contributed by atoms with van der Waals surface area (Å²) in [6.45, 7) is 8.95. The molecule has 2 aliphatic heterocycles. The molecule has 0 atom stereocenters. The Balaban J connectivity index is 0.00000242. The van der Waals surface area contributed by atoms with E-state index in [1.54, 1.807) is 4.31 Å². The van der Waals surface area contributed by atoms with Crippen molar-refractivity contribution in [2.24, 2.45) is 10.9 Å². The first-order valence-electron chi connectivity index (χ1n) is 8.04. The molecule has 0 aromatic rings. The minimum absolute atomic E-state index is 0. The van der Waals surface area contributed by atoms with Crippen molar-refractivity contribution in [1.29, 1.82) is 0 Å². The number of rotatable bonds is 4. The lowest BCUT2D eigenvalue weighted by atomic mass is 10.00. The smallest absolute Gasteiger partial charge is 0.214 e. The molecule has 1 N–H and O–H groups in total. The Morgan fingerprint density at radius 3 is 2.50 bits per heavy atom. The lowest BCUT2D eigenvalue weighted by Gasteiger charge is -2.33. The van der Waals surface area contributed by atoms with E-state index in [2.05, 4.69) is 29.1 Å². The van der Waals surface area contributed by atoms with Gasteiger partial charge in [0.15, 0.2) is 5.96 Å². The first-order chi connectivity index (χ1) is 10.0. The number of nitrogens with zero attached hydrogens (tertiary/aromatic N) is 3. The molecule has 6 nitrogen and oxygen atoms in total. The maximum absolute atomic E-state index is 11.8. The molecule has 0 amide bonds. The van der Waals surface area contributed by atoms with Gasteiger partial charge in [-0.25, -0.2) is 12.7 Å². The highest BCUT2D eigenvalue weighted by atomic mass is 127. The van der Waals surface area contributed by atoms with Crippen LogP contribution < -0.4 is 5.32 Å². The van der Waals surface area contributed by atoms with Gasteiger partial charge in [0.25, 0.3) is 0 Å². The number of hydrogen-bond donors (Lipinski definition) is 1. The van der Waals surface area contributed by atoms with Gasteiger partial charge in [-0.05, 0) is 32.1 Å². The Kier molecular flexibility index (Phi) is 8.40. The maximum Gasteiger partial charge on any atom is 0.214 e. The molecule has 0 radical (unpaired) electrons. The van der Waals surface area contributed by atoms with Crippen LogP contribution in [-0.4, -0.2) is 68.6 Å². The average molecular weight is 444 g/mol. The third-order valence-electron chi connectivity index (χ3n) is 4.23. The Morgan fingerprint density at radius 2 is 1.95 bits per heavy atom. The van der Waals surface area contributed by atoms with Crippen molar-refractivity contribution < 1.29 is 8.42 Å². The van der Waals surface area contributed by atoms with Crippen LogP contribution in [0, 0.1) is 5.92 Å². The van der Waals surface area contributed by atoms with Gasteiger partial charge >= 0.3 is 0 Å². The molecule has 2 aliphatic rings. The molecule has 130 valence electrons. The van der Waals surface area contributed by atoms with Gasteiger partial charge in [-0.15, -0.1) is 24.0 Å². The van der Waals surface area contributed by atoms with E-state index in [0.717, 1.165) is 37.9 Å². The van der Waals surface area contributed by atoms with Crippen molar-refractivity contribution in [3.8, 4) is 0 Å². The molecular weight excluding hydrogens is 415 g/mol. The summed E-state index contributed by atoms with van der Waals surface area (Å²) in [5.41, 5.74) is 0. The van der Waals surface area contributed by atoms with Crippen LogP contribution in [0.2, 0.25) is 0 Å². The Hall–Kier alpha value is -0.0900. The molecule has 2 saturated heterocycles. The monoisotopic (exact) mass is 444 g/mol. The van der Waals surface area contributed by atoms with Crippen LogP contribution in [0.4, 0.5) is 0 Å². The first kappa shape index (κ1) is 20.0. The van der Waals surface area contributed by atoms with Crippen molar-refractivity contribution >= 4 is 40.0 Å². The van der Waals surface area contributed by atoms with Gasteiger partial charge in [0.05, 0.1) is 12.3 Å². The highest BCUT2D eigenvalue weighted by molar-refractivity contribution is 14.0. The minimum atomic E-state index is -3.00. The number of halogens is 1. The van der Waals surface area contributed by atoms with Crippen LogP contribution in [0.3, 0.4) is 0 Å². The molecule has 2 heterocycles. The Labute approximate surface area is 151 Å². The summed E-state index contributed by atoms with van der Waals surface area (Å²) in [4.78, 5) is 6.91. The maximum atomic E-state index is 11.8. The topological polar surface area (TPSA) is 65.0 Å². The summed E-state index contributed by atoms with van der Waals surface area (Å²) in [6, 6.07) is 0. The number of hydrogen-bond acceptors (Lipinski definition) is 3. The third-order valence-corrected chi connectivity index (χ3v) is 6.19. The van der Waals surface area contributed by atoms with Gasteiger partial charge in [0, 0.05) is 32.7 Å². The predicted molar refractivity (Wildman–Crippen MR) is 101 cm³/mol. The predicted octanol–water partition coefficient (Wildman–Crippen LogP) is 1.34. The standard InChI is InChI=1S/C14H28N4O2S.HI/c1-3-15-14(17-9-5-13(2)6-10-17)16-7-11-18-8-4-12-21(18,19)20;/h13H,3-12H2,1-2H3,(H,15,16);1H. The van der Waals surface area contributed by atoms with Crippen molar-refractivity contribution in [3.05, 3.63) is 0 Å². The lowest BCUT2D eigenvalue weighted by Crippen LogP contribution is -2.45. The molecule has 2 rings (SSSR count). The van der Waals surface area contributed by atoms with E-state index in [-0.39, 0.29) is 24.0 Å². The van der Waals surface area contributed by atoms with E-state index < -0.39 is 10.0 Å².